The molecule has 110 valence electrons. The molecule has 0 aliphatic heterocycles. The van der Waals surface area contributed by atoms with Crippen molar-refractivity contribution in [1.82, 2.24) is 5.32 Å². The first kappa shape index (κ1) is 14.6. The van der Waals surface area contributed by atoms with Gasteiger partial charge < -0.3 is 15.4 Å². The highest BCUT2D eigenvalue weighted by Crippen LogP contribution is 2.22. The van der Waals surface area contributed by atoms with E-state index in [0.717, 1.165) is 25.7 Å². The topological polar surface area (TPSA) is 50.4 Å². The second-order valence-corrected chi connectivity index (χ2v) is 5.20. The molecule has 4 nitrogen and oxygen atoms in total. The van der Waals surface area contributed by atoms with Crippen LogP contribution in [0.4, 0.5) is 10.1 Å². The lowest BCUT2D eigenvalue weighted by molar-refractivity contribution is -0.122. The van der Waals surface area contributed by atoms with Crippen molar-refractivity contribution in [3.63, 3.8) is 0 Å². The summed E-state index contributed by atoms with van der Waals surface area (Å²) in [6, 6.07) is 4.19. The van der Waals surface area contributed by atoms with Crippen LogP contribution in [0.1, 0.15) is 32.6 Å². The molecule has 1 aliphatic rings. The lowest BCUT2D eigenvalue weighted by Crippen LogP contribution is -2.42. The van der Waals surface area contributed by atoms with Crippen LogP contribution >= 0.6 is 0 Å². The SMILES string of the molecule is COc1ccc(F)c(NC(C)C(=O)NC2CCCC2)c1. The van der Waals surface area contributed by atoms with Crippen molar-refractivity contribution in [2.45, 2.75) is 44.7 Å². The van der Waals surface area contributed by atoms with E-state index in [-0.39, 0.29) is 17.6 Å². The maximum absolute atomic E-state index is 13.7. The maximum Gasteiger partial charge on any atom is 0.242 e. The molecule has 2 N–H and O–H groups in total. The Morgan fingerprint density at radius 2 is 2.10 bits per heavy atom. The van der Waals surface area contributed by atoms with E-state index in [1.54, 1.807) is 19.1 Å². The molecule has 0 aromatic heterocycles. The van der Waals surface area contributed by atoms with Gasteiger partial charge in [-0.15, -0.1) is 0 Å². The van der Waals surface area contributed by atoms with E-state index < -0.39 is 11.9 Å². The average molecular weight is 280 g/mol. The molecule has 1 fully saturated rings. The van der Waals surface area contributed by atoms with Gasteiger partial charge in [-0.2, -0.15) is 0 Å². The summed E-state index contributed by atoms with van der Waals surface area (Å²) in [5.41, 5.74) is 0.276. The minimum atomic E-state index is -0.489. The number of halogens is 1. The Morgan fingerprint density at radius 1 is 1.40 bits per heavy atom. The molecule has 0 spiro atoms. The first-order valence-corrected chi connectivity index (χ1v) is 7.00. The molecule has 20 heavy (non-hydrogen) atoms. The first-order valence-electron chi connectivity index (χ1n) is 7.00. The monoisotopic (exact) mass is 280 g/mol. The molecule has 5 heteroatoms. The van der Waals surface area contributed by atoms with E-state index in [2.05, 4.69) is 10.6 Å². The Labute approximate surface area is 118 Å². The molecule has 1 atom stereocenters. The summed E-state index contributed by atoms with van der Waals surface area (Å²) in [5.74, 6) is 0.0581. The van der Waals surface area contributed by atoms with Crippen molar-refractivity contribution in [3.8, 4) is 5.75 Å². The van der Waals surface area contributed by atoms with Crippen molar-refractivity contribution < 1.29 is 13.9 Å². The average Bonchev–Trinajstić information content (AvgIpc) is 2.94. The Morgan fingerprint density at radius 3 is 2.75 bits per heavy atom. The van der Waals surface area contributed by atoms with Crippen LogP contribution in [0.2, 0.25) is 0 Å². The van der Waals surface area contributed by atoms with Gasteiger partial charge in [-0.05, 0) is 31.9 Å². The van der Waals surface area contributed by atoms with E-state index in [1.165, 1.54) is 13.2 Å². The van der Waals surface area contributed by atoms with Gasteiger partial charge in [-0.1, -0.05) is 12.8 Å². The van der Waals surface area contributed by atoms with E-state index in [4.69, 9.17) is 4.74 Å². The number of hydrogen-bond acceptors (Lipinski definition) is 3. The van der Waals surface area contributed by atoms with E-state index in [0.29, 0.717) is 5.75 Å². The smallest absolute Gasteiger partial charge is 0.242 e. The zero-order chi connectivity index (χ0) is 14.5. The highest BCUT2D eigenvalue weighted by molar-refractivity contribution is 5.84. The molecule has 1 aliphatic carbocycles. The zero-order valence-electron chi connectivity index (χ0n) is 11.9. The number of methoxy groups -OCH3 is 1. The van der Waals surface area contributed by atoms with Crippen LogP contribution in [-0.4, -0.2) is 25.1 Å². The van der Waals surface area contributed by atoms with Gasteiger partial charge in [0.15, 0.2) is 0 Å². The normalized spacial score (nSPS) is 16.8. The highest BCUT2D eigenvalue weighted by atomic mass is 19.1. The fraction of sp³-hybridized carbons (Fsp3) is 0.533. The number of ether oxygens (including phenoxy) is 1. The summed E-state index contributed by atoms with van der Waals surface area (Å²) >= 11 is 0. The molecule has 1 aromatic rings. The van der Waals surface area contributed by atoms with Crippen LogP contribution in [-0.2, 0) is 4.79 Å². The molecule has 1 saturated carbocycles. The third-order valence-electron chi connectivity index (χ3n) is 3.64. The summed E-state index contributed by atoms with van der Waals surface area (Å²) in [6.45, 7) is 1.73. The van der Waals surface area contributed by atoms with Crippen molar-refractivity contribution in [2.24, 2.45) is 0 Å². The van der Waals surface area contributed by atoms with Crippen LogP contribution in [0.5, 0.6) is 5.75 Å². The summed E-state index contributed by atoms with van der Waals surface area (Å²) < 4.78 is 18.7. The van der Waals surface area contributed by atoms with Gasteiger partial charge >= 0.3 is 0 Å². The number of anilines is 1. The molecule has 0 bridgehead atoms. The molecular formula is C15H21FN2O2. The Balaban J connectivity index is 1.95. The molecule has 2 rings (SSSR count). The molecule has 1 unspecified atom stereocenters. The van der Waals surface area contributed by atoms with Crippen molar-refractivity contribution in [3.05, 3.63) is 24.0 Å². The largest absolute Gasteiger partial charge is 0.497 e. The molecule has 1 amide bonds. The highest BCUT2D eigenvalue weighted by Gasteiger charge is 2.21. The third kappa shape index (κ3) is 3.62. The van der Waals surface area contributed by atoms with Gasteiger partial charge in [-0.3, -0.25) is 4.79 Å². The number of rotatable bonds is 5. The number of carbonyl (C=O) groups is 1. The van der Waals surface area contributed by atoms with Gasteiger partial charge in [0.05, 0.1) is 12.8 Å². The second-order valence-electron chi connectivity index (χ2n) is 5.20. The zero-order valence-corrected chi connectivity index (χ0v) is 11.9. The van der Waals surface area contributed by atoms with Crippen molar-refractivity contribution in [2.75, 3.05) is 12.4 Å². The minimum absolute atomic E-state index is 0.0980. The number of nitrogens with one attached hydrogen (secondary N) is 2. The number of amides is 1. The fourth-order valence-corrected chi connectivity index (χ4v) is 2.44. The minimum Gasteiger partial charge on any atom is -0.497 e. The van der Waals surface area contributed by atoms with Gasteiger partial charge in [0, 0.05) is 12.1 Å². The predicted octanol–water partition coefficient (Wildman–Crippen LogP) is 2.69. The molecular weight excluding hydrogens is 259 g/mol. The number of benzene rings is 1. The predicted molar refractivity (Wildman–Crippen MR) is 76.4 cm³/mol. The summed E-state index contributed by atoms with van der Waals surface area (Å²) in [5, 5.41) is 5.88. The Bertz CT molecular complexity index is 473. The molecule has 0 radical (unpaired) electrons. The lowest BCUT2D eigenvalue weighted by Gasteiger charge is -2.19. The third-order valence-corrected chi connectivity index (χ3v) is 3.64. The molecule has 1 aromatic carbocycles. The van der Waals surface area contributed by atoms with E-state index in [1.807, 2.05) is 0 Å². The van der Waals surface area contributed by atoms with Gasteiger partial charge in [0.25, 0.3) is 0 Å². The second kappa shape index (κ2) is 6.59. The summed E-state index contributed by atoms with van der Waals surface area (Å²) in [7, 11) is 1.52. The Hall–Kier alpha value is -1.78. The van der Waals surface area contributed by atoms with Crippen LogP contribution < -0.4 is 15.4 Å². The fourth-order valence-electron chi connectivity index (χ4n) is 2.44. The maximum atomic E-state index is 13.7. The standard InChI is InChI=1S/C15H21FN2O2/c1-10(15(19)18-11-5-3-4-6-11)17-14-9-12(20-2)7-8-13(14)16/h7-11,17H,3-6H2,1-2H3,(H,18,19). The van der Waals surface area contributed by atoms with Gasteiger partial charge in [0.1, 0.15) is 17.6 Å². The Kier molecular flexibility index (Phi) is 4.82. The quantitative estimate of drug-likeness (QED) is 0.872. The van der Waals surface area contributed by atoms with Crippen molar-refractivity contribution in [1.29, 1.82) is 0 Å². The molecule has 0 saturated heterocycles. The van der Waals surface area contributed by atoms with Crippen LogP contribution in [0.15, 0.2) is 18.2 Å². The van der Waals surface area contributed by atoms with Crippen LogP contribution in [0, 0.1) is 5.82 Å². The number of carbonyl (C=O) groups excluding carboxylic acids is 1. The van der Waals surface area contributed by atoms with Crippen LogP contribution in [0.25, 0.3) is 0 Å². The van der Waals surface area contributed by atoms with Crippen molar-refractivity contribution >= 4 is 11.6 Å². The number of hydrogen-bond donors (Lipinski definition) is 2. The summed E-state index contributed by atoms with van der Waals surface area (Å²) in [4.78, 5) is 12.0. The van der Waals surface area contributed by atoms with Gasteiger partial charge in [0.2, 0.25) is 5.91 Å². The lowest BCUT2D eigenvalue weighted by atomic mass is 10.2. The van der Waals surface area contributed by atoms with E-state index in [9.17, 15) is 9.18 Å². The first-order chi connectivity index (χ1) is 9.60. The van der Waals surface area contributed by atoms with Gasteiger partial charge in [-0.25, -0.2) is 4.39 Å². The molecule has 0 heterocycles. The van der Waals surface area contributed by atoms with E-state index >= 15 is 0 Å². The summed E-state index contributed by atoms with van der Waals surface area (Å²) in [6.07, 6.45) is 4.40. The van der Waals surface area contributed by atoms with Crippen LogP contribution in [0.3, 0.4) is 0 Å².